The second kappa shape index (κ2) is 14.3. The van der Waals surface area contributed by atoms with Gasteiger partial charge in [-0.25, -0.2) is 9.59 Å². The van der Waals surface area contributed by atoms with Crippen LogP contribution in [0.2, 0.25) is 0 Å². The molecular weight excluding hydrogens is 364 g/mol. The highest BCUT2D eigenvalue weighted by Crippen LogP contribution is 2.20. The highest BCUT2D eigenvalue weighted by atomic mass is 16.6. The third kappa shape index (κ3) is 9.80. The molecule has 1 aromatic rings. The van der Waals surface area contributed by atoms with Gasteiger partial charge in [0.25, 0.3) is 0 Å². The van der Waals surface area contributed by atoms with E-state index >= 15 is 0 Å². The van der Waals surface area contributed by atoms with E-state index in [2.05, 4.69) is 24.1 Å². The van der Waals surface area contributed by atoms with E-state index in [1.54, 1.807) is 12.1 Å². The van der Waals surface area contributed by atoms with Crippen molar-refractivity contribution in [2.75, 3.05) is 18.0 Å². The van der Waals surface area contributed by atoms with Gasteiger partial charge in [-0.2, -0.15) is 0 Å². The molecule has 8 nitrogen and oxygen atoms in total. The first kappa shape index (κ1) is 25.2. The molecule has 0 aliphatic carbocycles. The molecule has 8 heteroatoms. The molecule has 0 heterocycles. The Hall–Kier alpha value is -2.77. The Bertz CT molecular complexity index is 597. The van der Waals surface area contributed by atoms with Gasteiger partial charge in [0.15, 0.2) is 0 Å². The Morgan fingerprint density at radius 1 is 1.04 bits per heavy atom. The number of ether oxygens (including phenoxy) is 1. The van der Waals surface area contributed by atoms with Crippen molar-refractivity contribution in [3.8, 4) is 5.75 Å². The summed E-state index contributed by atoms with van der Waals surface area (Å²) in [5, 5.41) is 19.8. The van der Waals surface area contributed by atoms with Gasteiger partial charge in [-0.3, -0.25) is 4.79 Å². The maximum atomic E-state index is 11.8. The highest BCUT2D eigenvalue weighted by Gasteiger charge is 2.22. The summed E-state index contributed by atoms with van der Waals surface area (Å²) in [4.78, 5) is 35.7. The number of carboxylic acids is 2. The van der Waals surface area contributed by atoms with Crippen molar-refractivity contribution in [3.63, 3.8) is 0 Å². The lowest BCUT2D eigenvalue weighted by atomic mass is 10.1. The minimum absolute atomic E-state index is 0.221. The Labute approximate surface area is 166 Å². The number of aliphatic carboxylic acids is 2. The number of carboxylic acid groups (broad SMARTS) is 2. The highest BCUT2D eigenvalue weighted by molar-refractivity contribution is 5.81. The lowest BCUT2D eigenvalue weighted by Gasteiger charge is -2.23. The SMILES string of the molecule is CC.CCCN(CCC)c1ccc(OC(=O)N[C@@H](CCC(=O)O)C(=O)O)cc1. The molecule has 0 aliphatic rings. The van der Waals surface area contributed by atoms with Crippen LogP contribution in [0.5, 0.6) is 5.75 Å². The van der Waals surface area contributed by atoms with Crippen LogP contribution in [-0.4, -0.2) is 47.4 Å². The lowest BCUT2D eigenvalue weighted by Crippen LogP contribution is -2.42. The molecule has 0 saturated heterocycles. The van der Waals surface area contributed by atoms with Crippen LogP contribution in [0.3, 0.4) is 0 Å². The van der Waals surface area contributed by atoms with Crippen molar-refractivity contribution in [1.82, 2.24) is 5.32 Å². The van der Waals surface area contributed by atoms with Crippen LogP contribution in [0, 0.1) is 0 Å². The third-order valence-electron chi connectivity index (χ3n) is 3.64. The molecule has 0 aliphatic heterocycles. The van der Waals surface area contributed by atoms with Gasteiger partial charge in [0.05, 0.1) is 0 Å². The van der Waals surface area contributed by atoms with Crippen LogP contribution in [-0.2, 0) is 9.59 Å². The summed E-state index contributed by atoms with van der Waals surface area (Å²) in [5.41, 5.74) is 1.02. The Morgan fingerprint density at radius 3 is 2.00 bits per heavy atom. The molecule has 28 heavy (non-hydrogen) atoms. The Morgan fingerprint density at radius 2 is 1.57 bits per heavy atom. The smallest absolute Gasteiger partial charge is 0.413 e. The maximum absolute atomic E-state index is 11.8. The van der Waals surface area contributed by atoms with Crippen LogP contribution >= 0.6 is 0 Å². The van der Waals surface area contributed by atoms with E-state index in [0.717, 1.165) is 31.6 Å². The van der Waals surface area contributed by atoms with E-state index in [9.17, 15) is 14.4 Å². The molecule has 0 aromatic heterocycles. The van der Waals surface area contributed by atoms with E-state index < -0.39 is 24.1 Å². The lowest BCUT2D eigenvalue weighted by molar-refractivity contribution is -0.140. The molecule has 1 atom stereocenters. The topological polar surface area (TPSA) is 116 Å². The van der Waals surface area contributed by atoms with E-state index in [1.807, 2.05) is 26.0 Å². The van der Waals surface area contributed by atoms with Crippen LogP contribution < -0.4 is 15.0 Å². The number of carbonyl (C=O) groups excluding carboxylic acids is 1. The minimum Gasteiger partial charge on any atom is -0.481 e. The molecule has 0 saturated carbocycles. The molecule has 0 bridgehead atoms. The predicted molar refractivity (Wildman–Crippen MR) is 108 cm³/mol. The van der Waals surface area contributed by atoms with Gasteiger partial charge in [0.2, 0.25) is 0 Å². The molecule has 1 amide bonds. The number of hydrogen-bond acceptors (Lipinski definition) is 5. The molecule has 0 unspecified atom stereocenters. The van der Waals surface area contributed by atoms with Crippen molar-refractivity contribution >= 4 is 23.7 Å². The fourth-order valence-electron chi connectivity index (χ4n) is 2.44. The van der Waals surface area contributed by atoms with Gasteiger partial charge in [-0.05, 0) is 43.5 Å². The number of carbonyl (C=O) groups is 3. The normalized spacial score (nSPS) is 10.9. The summed E-state index contributed by atoms with van der Waals surface area (Å²) < 4.78 is 5.08. The quantitative estimate of drug-likeness (QED) is 0.521. The van der Waals surface area contributed by atoms with Crippen molar-refractivity contribution in [2.24, 2.45) is 0 Å². The zero-order chi connectivity index (χ0) is 21.5. The largest absolute Gasteiger partial charge is 0.481 e. The Balaban J connectivity index is 0.00000352. The Kier molecular flexibility index (Phi) is 12.9. The van der Waals surface area contributed by atoms with Gasteiger partial charge in [0.1, 0.15) is 11.8 Å². The fraction of sp³-hybridized carbons (Fsp3) is 0.550. The maximum Gasteiger partial charge on any atom is 0.413 e. The second-order valence-electron chi connectivity index (χ2n) is 5.84. The summed E-state index contributed by atoms with van der Waals surface area (Å²) in [6.07, 6.45) is 0.522. The first-order valence-electron chi connectivity index (χ1n) is 9.65. The van der Waals surface area contributed by atoms with E-state index in [0.29, 0.717) is 0 Å². The molecule has 1 rings (SSSR count). The summed E-state index contributed by atoms with van der Waals surface area (Å²) in [6, 6.07) is 5.64. The standard InChI is InChI=1S/C18H26N2O6.C2H6/c1-3-11-20(12-4-2)13-5-7-14(8-6-13)26-18(25)19-15(17(23)24)9-10-16(21)22;1-2/h5-8,15H,3-4,9-12H2,1-2H3,(H,19,25)(H,21,22)(H,23,24);1-2H3/t15-;/m0./s1. The van der Waals surface area contributed by atoms with Gasteiger partial charge in [0, 0.05) is 25.2 Å². The number of rotatable bonds is 11. The number of nitrogens with one attached hydrogen (secondary N) is 1. The predicted octanol–water partition coefficient (Wildman–Crippen LogP) is 3.75. The first-order valence-corrected chi connectivity index (χ1v) is 9.65. The first-order chi connectivity index (χ1) is 13.4. The average molecular weight is 396 g/mol. The molecule has 158 valence electrons. The second-order valence-corrected chi connectivity index (χ2v) is 5.84. The van der Waals surface area contributed by atoms with Gasteiger partial charge >= 0.3 is 18.0 Å². The molecule has 1 aromatic carbocycles. The summed E-state index contributed by atoms with van der Waals surface area (Å²) >= 11 is 0. The van der Waals surface area contributed by atoms with Crippen molar-refractivity contribution < 1.29 is 29.3 Å². The summed E-state index contributed by atoms with van der Waals surface area (Å²) in [7, 11) is 0. The van der Waals surface area contributed by atoms with Gasteiger partial charge < -0.3 is 25.2 Å². The van der Waals surface area contributed by atoms with Crippen molar-refractivity contribution in [1.29, 1.82) is 0 Å². The summed E-state index contributed by atoms with van der Waals surface area (Å²) in [5.74, 6) is -2.17. The van der Waals surface area contributed by atoms with Crippen LogP contribution in [0.4, 0.5) is 10.5 Å². The summed E-state index contributed by atoms with van der Waals surface area (Å²) in [6.45, 7) is 10.1. The van der Waals surface area contributed by atoms with E-state index in [-0.39, 0.29) is 18.6 Å². The number of anilines is 1. The van der Waals surface area contributed by atoms with E-state index in [4.69, 9.17) is 14.9 Å². The number of benzene rings is 1. The number of hydrogen-bond donors (Lipinski definition) is 3. The number of nitrogens with zero attached hydrogens (tertiary/aromatic N) is 1. The zero-order valence-corrected chi connectivity index (χ0v) is 17.1. The third-order valence-corrected chi connectivity index (χ3v) is 3.64. The van der Waals surface area contributed by atoms with Crippen LogP contribution in [0.15, 0.2) is 24.3 Å². The molecule has 0 spiro atoms. The van der Waals surface area contributed by atoms with Crippen LogP contribution in [0.1, 0.15) is 53.4 Å². The van der Waals surface area contributed by atoms with Crippen molar-refractivity contribution in [2.45, 2.75) is 59.4 Å². The van der Waals surface area contributed by atoms with Gasteiger partial charge in [-0.1, -0.05) is 27.7 Å². The average Bonchev–Trinajstić information content (AvgIpc) is 2.67. The zero-order valence-electron chi connectivity index (χ0n) is 17.1. The monoisotopic (exact) mass is 396 g/mol. The molecule has 3 N–H and O–H groups in total. The fourth-order valence-corrected chi connectivity index (χ4v) is 2.44. The van der Waals surface area contributed by atoms with Crippen LogP contribution in [0.25, 0.3) is 0 Å². The molecule has 0 radical (unpaired) electrons. The molecular formula is C20H32N2O6. The van der Waals surface area contributed by atoms with Crippen molar-refractivity contribution in [3.05, 3.63) is 24.3 Å². The molecule has 0 fully saturated rings. The minimum atomic E-state index is -1.32. The van der Waals surface area contributed by atoms with E-state index in [1.165, 1.54) is 0 Å². The number of amides is 1. The van der Waals surface area contributed by atoms with Gasteiger partial charge in [-0.15, -0.1) is 0 Å².